The van der Waals surface area contributed by atoms with Crippen molar-refractivity contribution in [2.24, 2.45) is 0 Å². The summed E-state index contributed by atoms with van der Waals surface area (Å²) in [4.78, 5) is 0. The van der Waals surface area contributed by atoms with Crippen LogP contribution in [0.4, 0.5) is 0 Å². The molecule has 1 heterocycles. The minimum Gasteiger partial charge on any atom is -0.390 e. The number of rotatable bonds is 17. The molecule has 152 valence electrons. The molecule has 4 heteroatoms. The highest BCUT2D eigenvalue weighted by molar-refractivity contribution is 4.96. The number of allylic oxidation sites excluding steroid dienone is 4. The van der Waals surface area contributed by atoms with Crippen LogP contribution in [-0.4, -0.2) is 42.9 Å². The predicted molar refractivity (Wildman–Crippen MR) is 107 cm³/mol. The molecule has 0 aromatic carbocycles. The lowest BCUT2D eigenvalue weighted by molar-refractivity contribution is -0.147. The Balaban J connectivity index is 2.04. The van der Waals surface area contributed by atoms with E-state index >= 15 is 0 Å². The Kier molecular flexibility index (Phi) is 13.8. The number of aliphatic hydroxyl groups is 1. The van der Waals surface area contributed by atoms with Gasteiger partial charge in [0.1, 0.15) is 12.2 Å². The van der Waals surface area contributed by atoms with Crippen molar-refractivity contribution in [3.8, 4) is 0 Å². The van der Waals surface area contributed by atoms with Crippen molar-refractivity contribution in [1.82, 2.24) is 0 Å². The topological polar surface area (TPSA) is 51.2 Å². The van der Waals surface area contributed by atoms with Gasteiger partial charge in [-0.2, -0.15) is 0 Å². The lowest BCUT2D eigenvalue weighted by Crippen LogP contribution is -2.28. The van der Waals surface area contributed by atoms with Crippen LogP contribution in [0, 0.1) is 0 Å². The predicted octanol–water partition coefficient (Wildman–Crippen LogP) is 5.16. The molecule has 0 saturated carbocycles. The van der Waals surface area contributed by atoms with Gasteiger partial charge in [-0.1, -0.05) is 56.9 Å². The number of hydrogen-bond acceptors (Lipinski definition) is 4. The highest BCUT2D eigenvalue weighted by Crippen LogP contribution is 2.32. The first-order chi connectivity index (χ1) is 12.7. The molecule has 0 radical (unpaired) electrons. The van der Waals surface area contributed by atoms with Crippen molar-refractivity contribution in [3.05, 3.63) is 24.3 Å². The monoisotopic (exact) mass is 368 g/mol. The maximum atomic E-state index is 10.2. The smallest absolute Gasteiger partial charge is 0.186 e. The highest BCUT2D eigenvalue weighted by atomic mass is 16.7. The van der Waals surface area contributed by atoms with E-state index in [9.17, 15) is 5.11 Å². The van der Waals surface area contributed by atoms with E-state index in [1.807, 2.05) is 13.8 Å². The summed E-state index contributed by atoms with van der Waals surface area (Å²) in [6.45, 7) is 7.29. The Bertz CT molecular complexity index is 374. The van der Waals surface area contributed by atoms with Crippen LogP contribution in [-0.2, 0) is 14.2 Å². The fourth-order valence-electron chi connectivity index (χ4n) is 3.03. The molecular formula is C22H40O4. The molecule has 0 bridgehead atoms. The van der Waals surface area contributed by atoms with Gasteiger partial charge in [0.2, 0.25) is 0 Å². The first-order valence-corrected chi connectivity index (χ1v) is 10.6. The lowest BCUT2D eigenvalue weighted by atomic mass is 10.1. The number of hydrogen-bond donors (Lipinski definition) is 1. The normalized spacial score (nSPS) is 21.3. The van der Waals surface area contributed by atoms with Crippen molar-refractivity contribution in [2.45, 2.75) is 103 Å². The Hall–Kier alpha value is -0.680. The Morgan fingerprint density at radius 2 is 1.50 bits per heavy atom. The molecule has 3 atom stereocenters. The first kappa shape index (κ1) is 23.4. The number of aliphatic hydroxyl groups excluding tert-OH is 1. The molecule has 1 aliphatic heterocycles. The average Bonchev–Trinajstić information content (AvgIpc) is 3.43. The van der Waals surface area contributed by atoms with Gasteiger partial charge >= 0.3 is 0 Å². The fraction of sp³-hybridized carbons (Fsp3) is 0.818. The van der Waals surface area contributed by atoms with Crippen molar-refractivity contribution in [2.75, 3.05) is 13.2 Å². The van der Waals surface area contributed by atoms with Gasteiger partial charge in [-0.25, -0.2) is 0 Å². The van der Waals surface area contributed by atoms with Gasteiger partial charge < -0.3 is 19.3 Å². The van der Waals surface area contributed by atoms with Gasteiger partial charge in [-0.3, -0.25) is 0 Å². The Morgan fingerprint density at radius 3 is 2.15 bits per heavy atom. The summed E-state index contributed by atoms with van der Waals surface area (Å²) in [5.74, 6) is 0. The van der Waals surface area contributed by atoms with E-state index in [1.165, 1.54) is 38.5 Å². The summed E-state index contributed by atoms with van der Waals surface area (Å²) in [5, 5.41) is 10.2. The second-order valence-electron chi connectivity index (χ2n) is 6.87. The highest BCUT2D eigenvalue weighted by Gasteiger charge is 2.50. The van der Waals surface area contributed by atoms with Gasteiger partial charge in [0.05, 0.1) is 6.10 Å². The molecular weight excluding hydrogens is 328 g/mol. The summed E-state index contributed by atoms with van der Waals surface area (Å²) < 4.78 is 16.6. The third-order valence-electron chi connectivity index (χ3n) is 4.58. The Morgan fingerprint density at radius 1 is 0.846 bits per heavy atom. The minimum absolute atomic E-state index is 0.130. The summed E-state index contributed by atoms with van der Waals surface area (Å²) in [6, 6.07) is 0. The molecule has 0 unspecified atom stereocenters. The molecule has 0 aromatic rings. The Labute approximate surface area is 160 Å². The zero-order chi connectivity index (χ0) is 19.0. The molecule has 26 heavy (non-hydrogen) atoms. The van der Waals surface area contributed by atoms with Crippen LogP contribution < -0.4 is 0 Å². The number of unbranched alkanes of at least 4 members (excludes halogenated alkanes) is 5. The number of ether oxygens (including phenoxy) is 3. The van der Waals surface area contributed by atoms with Crippen molar-refractivity contribution in [1.29, 1.82) is 0 Å². The first-order valence-electron chi connectivity index (χ1n) is 10.6. The van der Waals surface area contributed by atoms with Crippen molar-refractivity contribution in [3.63, 3.8) is 0 Å². The van der Waals surface area contributed by atoms with E-state index in [4.69, 9.17) is 14.2 Å². The molecule has 1 fully saturated rings. The maximum Gasteiger partial charge on any atom is 0.186 e. The third-order valence-corrected chi connectivity index (χ3v) is 4.58. The molecule has 1 rings (SSSR count). The molecule has 0 aromatic heterocycles. The van der Waals surface area contributed by atoms with Crippen LogP contribution in [0.15, 0.2) is 24.3 Å². The van der Waals surface area contributed by atoms with E-state index in [-0.39, 0.29) is 18.5 Å². The van der Waals surface area contributed by atoms with Crippen LogP contribution in [0.5, 0.6) is 0 Å². The van der Waals surface area contributed by atoms with Crippen LogP contribution in [0.2, 0.25) is 0 Å². The molecule has 1 aliphatic rings. The number of epoxide rings is 1. The summed E-state index contributed by atoms with van der Waals surface area (Å²) in [7, 11) is 0. The molecule has 1 saturated heterocycles. The second-order valence-corrected chi connectivity index (χ2v) is 6.87. The summed E-state index contributed by atoms with van der Waals surface area (Å²) >= 11 is 0. The molecule has 0 amide bonds. The molecule has 1 N–H and O–H groups in total. The summed E-state index contributed by atoms with van der Waals surface area (Å²) in [5.41, 5.74) is 0. The van der Waals surface area contributed by atoms with Crippen LogP contribution >= 0.6 is 0 Å². The van der Waals surface area contributed by atoms with Gasteiger partial charge in [0.25, 0.3) is 0 Å². The largest absolute Gasteiger partial charge is 0.390 e. The standard InChI is InChI=1S/C22H40O4/c1-4-7-8-9-10-11-12-13-14-15-16-17-18-19(23)20-21(26-20)22(24-5-2)25-6-3/h12-13,15-16,19-23H,4-11,14,17-18H2,1-3H3/b13-12+,16-15+/t19-,20+,21+/m0/s1. The van der Waals surface area contributed by atoms with Gasteiger partial charge in [-0.05, 0) is 46.0 Å². The molecule has 0 spiro atoms. The zero-order valence-corrected chi connectivity index (χ0v) is 17.1. The molecule has 4 nitrogen and oxygen atoms in total. The summed E-state index contributed by atoms with van der Waals surface area (Å²) in [6.07, 6.45) is 18.2. The quantitative estimate of drug-likeness (QED) is 0.167. The van der Waals surface area contributed by atoms with Crippen molar-refractivity contribution >= 4 is 0 Å². The van der Waals surface area contributed by atoms with Crippen LogP contribution in [0.25, 0.3) is 0 Å². The van der Waals surface area contributed by atoms with E-state index in [0.717, 1.165) is 12.8 Å². The van der Waals surface area contributed by atoms with Gasteiger partial charge in [0.15, 0.2) is 6.29 Å². The van der Waals surface area contributed by atoms with E-state index in [0.29, 0.717) is 19.6 Å². The average molecular weight is 369 g/mol. The SMILES string of the molecule is CCCCCCC/C=C/C/C=C/CC[C@H](O)[C@H]1O[C@H]1C(OCC)OCC. The zero-order valence-electron chi connectivity index (χ0n) is 17.1. The van der Waals surface area contributed by atoms with Gasteiger partial charge in [-0.15, -0.1) is 0 Å². The van der Waals surface area contributed by atoms with Crippen molar-refractivity contribution < 1.29 is 19.3 Å². The van der Waals surface area contributed by atoms with Crippen LogP contribution in [0.3, 0.4) is 0 Å². The minimum atomic E-state index is -0.452. The van der Waals surface area contributed by atoms with E-state index in [2.05, 4.69) is 31.2 Å². The second kappa shape index (κ2) is 15.4. The molecule has 0 aliphatic carbocycles. The van der Waals surface area contributed by atoms with Crippen LogP contribution in [0.1, 0.15) is 78.6 Å². The fourth-order valence-corrected chi connectivity index (χ4v) is 3.03. The van der Waals surface area contributed by atoms with E-state index in [1.54, 1.807) is 0 Å². The third kappa shape index (κ3) is 10.5. The maximum absolute atomic E-state index is 10.2. The van der Waals surface area contributed by atoms with Gasteiger partial charge in [0, 0.05) is 13.2 Å². The lowest BCUT2D eigenvalue weighted by Gasteiger charge is -2.15. The van der Waals surface area contributed by atoms with E-state index < -0.39 is 6.10 Å².